The highest BCUT2D eigenvalue weighted by molar-refractivity contribution is 7.98. The smallest absolute Gasteiger partial charge is 0.251 e. The topological polar surface area (TPSA) is 70.9 Å². The Balaban J connectivity index is 1.35. The number of para-hydroxylation sites is 2. The molecule has 0 aliphatic carbocycles. The lowest BCUT2D eigenvalue weighted by atomic mass is 10.1. The van der Waals surface area contributed by atoms with Crippen LogP contribution in [0.3, 0.4) is 0 Å². The van der Waals surface area contributed by atoms with Gasteiger partial charge in [-0.05, 0) is 55.8 Å². The first-order chi connectivity index (χ1) is 13.6. The number of hydrogen-bond donors (Lipinski definition) is 2. The lowest BCUT2D eigenvalue weighted by molar-refractivity contribution is 0.0935. The molecule has 0 aliphatic heterocycles. The molecule has 1 amide bonds. The van der Waals surface area contributed by atoms with Crippen molar-refractivity contribution < 1.29 is 9.21 Å². The molecule has 142 valence electrons. The van der Waals surface area contributed by atoms with E-state index in [1.165, 1.54) is 0 Å². The van der Waals surface area contributed by atoms with Crippen LogP contribution in [0.4, 0.5) is 0 Å². The van der Waals surface area contributed by atoms with Gasteiger partial charge in [0.2, 0.25) is 0 Å². The maximum atomic E-state index is 12.5. The first-order valence-corrected chi connectivity index (χ1v) is 10.1. The zero-order valence-corrected chi connectivity index (χ0v) is 16.5. The van der Waals surface area contributed by atoms with E-state index < -0.39 is 0 Å². The van der Waals surface area contributed by atoms with Gasteiger partial charge in [-0.25, -0.2) is 4.98 Å². The highest BCUT2D eigenvalue weighted by atomic mass is 32.2. The minimum absolute atomic E-state index is 0.113. The van der Waals surface area contributed by atoms with E-state index in [2.05, 4.69) is 15.3 Å². The van der Waals surface area contributed by atoms with Gasteiger partial charge in [-0.1, -0.05) is 36.0 Å². The number of fused-ring (bicyclic) bond motifs is 1. The second kappa shape index (κ2) is 7.94. The van der Waals surface area contributed by atoms with E-state index in [9.17, 15) is 4.79 Å². The molecule has 0 bridgehead atoms. The summed E-state index contributed by atoms with van der Waals surface area (Å²) in [4.78, 5) is 20.3. The van der Waals surface area contributed by atoms with Crippen molar-refractivity contribution in [1.29, 1.82) is 0 Å². The molecule has 4 rings (SSSR count). The maximum Gasteiger partial charge on any atom is 0.251 e. The number of carbonyl (C=O) groups is 1. The second-order valence-electron chi connectivity index (χ2n) is 6.69. The van der Waals surface area contributed by atoms with Gasteiger partial charge in [0.25, 0.3) is 5.91 Å². The Bertz CT molecular complexity index is 1070. The van der Waals surface area contributed by atoms with E-state index in [1.807, 2.05) is 74.5 Å². The number of aromatic nitrogens is 2. The Hall–Kier alpha value is -2.99. The number of carbonyl (C=O) groups excluding carboxylic acids is 1. The molecule has 2 aromatic heterocycles. The van der Waals surface area contributed by atoms with Crippen LogP contribution in [0.5, 0.6) is 0 Å². The fraction of sp³-hybridized carbons (Fsp3) is 0.182. The standard InChI is InChI=1S/C22H21N3O2S/c1-14-7-12-20(27-14)15(2)23-21(26)17-10-8-16(9-11-17)13-28-22-24-18-5-3-4-6-19(18)25-22/h3-12,15H,13H2,1-2H3,(H,23,26)(H,24,25). The Morgan fingerprint density at radius 3 is 2.64 bits per heavy atom. The van der Waals surface area contributed by atoms with Gasteiger partial charge >= 0.3 is 0 Å². The van der Waals surface area contributed by atoms with Crippen LogP contribution in [0.15, 0.2) is 70.2 Å². The normalized spacial score (nSPS) is 12.2. The van der Waals surface area contributed by atoms with Crippen molar-refractivity contribution in [2.24, 2.45) is 0 Å². The molecule has 0 radical (unpaired) electrons. The highest BCUT2D eigenvalue weighted by Gasteiger charge is 2.14. The number of rotatable bonds is 6. The molecule has 0 aliphatic rings. The average molecular weight is 391 g/mol. The summed E-state index contributed by atoms with van der Waals surface area (Å²) >= 11 is 1.64. The van der Waals surface area contributed by atoms with Crippen molar-refractivity contribution in [1.82, 2.24) is 15.3 Å². The van der Waals surface area contributed by atoms with Crippen LogP contribution in [0, 0.1) is 6.92 Å². The van der Waals surface area contributed by atoms with Crippen LogP contribution in [-0.2, 0) is 5.75 Å². The van der Waals surface area contributed by atoms with Gasteiger partial charge in [0.15, 0.2) is 5.16 Å². The molecular weight excluding hydrogens is 370 g/mol. The summed E-state index contributed by atoms with van der Waals surface area (Å²) in [7, 11) is 0. The van der Waals surface area contributed by atoms with Crippen molar-refractivity contribution in [2.75, 3.05) is 0 Å². The summed E-state index contributed by atoms with van der Waals surface area (Å²) in [5, 5.41) is 3.86. The Morgan fingerprint density at radius 2 is 1.93 bits per heavy atom. The molecule has 1 atom stereocenters. The molecule has 0 saturated heterocycles. The molecule has 4 aromatic rings. The maximum absolute atomic E-state index is 12.5. The molecule has 1 unspecified atom stereocenters. The fourth-order valence-corrected chi connectivity index (χ4v) is 3.78. The first-order valence-electron chi connectivity index (χ1n) is 9.12. The van der Waals surface area contributed by atoms with E-state index in [1.54, 1.807) is 11.8 Å². The number of thioether (sulfide) groups is 1. The van der Waals surface area contributed by atoms with Gasteiger partial charge < -0.3 is 14.7 Å². The number of benzene rings is 2. The van der Waals surface area contributed by atoms with Crippen molar-refractivity contribution >= 4 is 28.7 Å². The number of nitrogens with one attached hydrogen (secondary N) is 2. The number of hydrogen-bond acceptors (Lipinski definition) is 4. The van der Waals surface area contributed by atoms with E-state index >= 15 is 0 Å². The summed E-state index contributed by atoms with van der Waals surface area (Å²) in [5.74, 6) is 2.26. The molecule has 0 saturated carbocycles. The van der Waals surface area contributed by atoms with Crippen molar-refractivity contribution in [3.63, 3.8) is 0 Å². The predicted molar refractivity (Wildman–Crippen MR) is 111 cm³/mol. The lowest BCUT2D eigenvalue weighted by Crippen LogP contribution is -2.26. The van der Waals surface area contributed by atoms with Crippen molar-refractivity contribution in [2.45, 2.75) is 30.8 Å². The number of aryl methyl sites for hydroxylation is 1. The minimum Gasteiger partial charge on any atom is -0.464 e. The Labute approximate surface area is 167 Å². The number of aromatic amines is 1. The Kier molecular flexibility index (Phi) is 5.21. The predicted octanol–water partition coefficient (Wildman–Crippen LogP) is 5.25. The van der Waals surface area contributed by atoms with Crippen LogP contribution in [-0.4, -0.2) is 15.9 Å². The molecule has 6 heteroatoms. The molecule has 2 aromatic carbocycles. The van der Waals surface area contributed by atoms with Crippen molar-refractivity contribution in [3.8, 4) is 0 Å². The van der Waals surface area contributed by atoms with E-state index in [-0.39, 0.29) is 11.9 Å². The number of imidazole rings is 1. The van der Waals surface area contributed by atoms with Crippen molar-refractivity contribution in [3.05, 3.63) is 83.3 Å². The van der Waals surface area contributed by atoms with Gasteiger partial charge in [0.05, 0.1) is 17.1 Å². The number of furan rings is 1. The number of amides is 1. The summed E-state index contributed by atoms with van der Waals surface area (Å²) in [5.41, 5.74) is 3.78. The zero-order valence-electron chi connectivity index (χ0n) is 15.7. The van der Waals surface area contributed by atoms with E-state index in [4.69, 9.17) is 4.42 Å². The SMILES string of the molecule is Cc1ccc(C(C)NC(=O)c2ccc(CSc3nc4ccccc4[nH]3)cc2)o1. The Morgan fingerprint density at radius 1 is 1.14 bits per heavy atom. The molecule has 2 heterocycles. The first kappa shape index (κ1) is 18.4. The van der Waals surface area contributed by atoms with E-state index in [0.29, 0.717) is 5.56 Å². The summed E-state index contributed by atoms with van der Waals surface area (Å²) in [6.07, 6.45) is 0. The van der Waals surface area contributed by atoms with Gasteiger partial charge in [0, 0.05) is 11.3 Å². The van der Waals surface area contributed by atoms with Gasteiger partial charge in [-0.2, -0.15) is 0 Å². The summed E-state index contributed by atoms with van der Waals surface area (Å²) in [6, 6.07) is 19.3. The van der Waals surface area contributed by atoms with Gasteiger partial charge in [0.1, 0.15) is 11.5 Å². The average Bonchev–Trinajstić information content (AvgIpc) is 3.32. The van der Waals surface area contributed by atoms with Crippen LogP contribution >= 0.6 is 11.8 Å². The van der Waals surface area contributed by atoms with Crippen LogP contribution < -0.4 is 5.32 Å². The van der Waals surface area contributed by atoms with Gasteiger partial charge in [-0.15, -0.1) is 0 Å². The quantitative estimate of drug-likeness (QED) is 0.441. The molecular formula is C22H21N3O2S. The number of nitrogens with zero attached hydrogens (tertiary/aromatic N) is 1. The van der Waals surface area contributed by atoms with Crippen LogP contribution in [0.1, 0.15) is 40.4 Å². The molecule has 28 heavy (non-hydrogen) atoms. The molecule has 2 N–H and O–H groups in total. The lowest BCUT2D eigenvalue weighted by Gasteiger charge is -2.11. The minimum atomic E-state index is -0.176. The second-order valence-corrected chi connectivity index (χ2v) is 7.65. The third-order valence-electron chi connectivity index (χ3n) is 4.49. The molecule has 0 spiro atoms. The molecule has 0 fully saturated rings. The fourth-order valence-electron chi connectivity index (χ4n) is 2.94. The summed E-state index contributed by atoms with van der Waals surface area (Å²) < 4.78 is 5.57. The third kappa shape index (κ3) is 4.12. The number of H-pyrrole nitrogens is 1. The van der Waals surface area contributed by atoms with Crippen LogP contribution in [0.2, 0.25) is 0 Å². The monoisotopic (exact) mass is 391 g/mol. The van der Waals surface area contributed by atoms with Gasteiger partial charge in [-0.3, -0.25) is 4.79 Å². The zero-order chi connectivity index (χ0) is 19.5. The largest absolute Gasteiger partial charge is 0.464 e. The van der Waals surface area contributed by atoms with Crippen LogP contribution in [0.25, 0.3) is 11.0 Å². The summed E-state index contributed by atoms with van der Waals surface area (Å²) in [6.45, 7) is 3.80. The third-order valence-corrected chi connectivity index (χ3v) is 5.44. The van der Waals surface area contributed by atoms with E-state index in [0.717, 1.165) is 39.0 Å². The molecule has 5 nitrogen and oxygen atoms in total. The highest BCUT2D eigenvalue weighted by Crippen LogP contribution is 2.23.